The molecule has 2 heterocycles. The van der Waals surface area contributed by atoms with E-state index in [-0.39, 0.29) is 5.78 Å². The molecule has 24 heavy (non-hydrogen) atoms. The number of nitrogens with one attached hydrogen (secondary N) is 1. The van der Waals surface area contributed by atoms with Crippen molar-refractivity contribution < 1.29 is 14.3 Å². The summed E-state index contributed by atoms with van der Waals surface area (Å²) in [6.45, 7) is 2.03. The summed E-state index contributed by atoms with van der Waals surface area (Å²) in [6.07, 6.45) is 4.94. The fraction of sp³-hybridized carbons (Fsp3) is 0.474. The van der Waals surface area contributed by atoms with E-state index in [1.165, 1.54) is 0 Å². The Labute approximate surface area is 142 Å². The number of Topliss-reactive ketones (excluding diaryl/α,β-unsaturated/α-hetero) is 1. The number of carbonyl (C=O) groups excluding carboxylic acids is 1. The van der Waals surface area contributed by atoms with E-state index in [1.54, 1.807) is 20.4 Å². The number of hydrogen-bond donors (Lipinski definition) is 1. The molecule has 2 aromatic rings. The minimum Gasteiger partial charge on any atom is -0.493 e. The van der Waals surface area contributed by atoms with Gasteiger partial charge in [0.25, 0.3) is 0 Å². The van der Waals surface area contributed by atoms with Crippen molar-refractivity contribution >= 4 is 16.6 Å². The maximum Gasteiger partial charge on any atom is 0.161 e. The van der Waals surface area contributed by atoms with Gasteiger partial charge in [0.15, 0.2) is 11.5 Å². The van der Waals surface area contributed by atoms with Crippen LogP contribution >= 0.6 is 0 Å². The number of rotatable bonds is 6. The lowest BCUT2D eigenvalue weighted by Gasteiger charge is -2.21. The Bertz CT molecular complexity index is 724. The second kappa shape index (κ2) is 7.62. The van der Waals surface area contributed by atoms with Gasteiger partial charge < -0.3 is 14.8 Å². The van der Waals surface area contributed by atoms with E-state index in [9.17, 15) is 4.79 Å². The number of aromatic nitrogens is 1. The quantitative estimate of drug-likeness (QED) is 0.883. The largest absolute Gasteiger partial charge is 0.493 e. The number of piperidine rings is 1. The fourth-order valence-electron chi connectivity index (χ4n) is 3.37. The van der Waals surface area contributed by atoms with Crippen LogP contribution in [-0.2, 0) is 11.2 Å². The molecule has 0 bridgehead atoms. The van der Waals surface area contributed by atoms with Crippen LogP contribution in [0.1, 0.15) is 25.0 Å². The molecular formula is C19H24N2O3. The average molecular weight is 328 g/mol. The zero-order chi connectivity index (χ0) is 16.9. The molecule has 0 saturated carbocycles. The maximum atomic E-state index is 12.5. The zero-order valence-corrected chi connectivity index (χ0v) is 14.3. The minimum atomic E-state index is 0.261. The van der Waals surface area contributed by atoms with Crippen LogP contribution < -0.4 is 14.8 Å². The first-order valence-electron chi connectivity index (χ1n) is 8.43. The normalized spacial score (nSPS) is 15.4. The molecule has 0 unspecified atom stereocenters. The molecule has 5 nitrogen and oxygen atoms in total. The number of nitrogens with zero attached hydrogens (tertiary/aromatic N) is 1. The molecule has 0 amide bonds. The van der Waals surface area contributed by atoms with E-state index in [0.29, 0.717) is 30.3 Å². The molecule has 1 aromatic carbocycles. The van der Waals surface area contributed by atoms with Crippen molar-refractivity contribution in [3.63, 3.8) is 0 Å². The maximum absolute atomic E-state index is 12.5. The Morgan fingerprint density at radius 2 is 1.92 bits per heavy atom. The van der Waals surface area contributed by atoms with Crippen LogP contribution in [0.25, 0.3) is 10.8 Å². The van der Waals surface area contributed by atoms with Crippen molar-refractivity contribution in [2.45, 2.75) is 25.7 Å². The van der Waals surface area contributed by atoms with Crippen LogP contribution in [0, 0.1) is 5.92 Å². The van der Waals surface area contributed by atoms with Gasteiger partial charge in [-0.25, -0.2) is 0 Å². The van der Waals surface area contributed by atoms with E-state index >= 15 is 0 Å². The van der Waals surface area contributed by atoms with E-state index in [2.05, 4.69) is 10.3 Å². The highest BCUT2D eigenvalue weighted by molar-refractivity contribution is 5.91. The molecule has 3 rings (SSSR count). The summed E-state index contributed by atoms with van der Waals surface area (Å²) in [5, 5.41) is 5.30. The predicted octanol–water partition coefficient (Wildman–Crippen LogP) is 2.75. The molecule has 1 fully saturated rings. The van der Waals surface area contributed by atoms with Crippen molar-refractivity contribution in [1.29, 1.82) is 0 Å². The van der Waals surface area contributed by atoms with Gasteiger partial charge in [0, 0.05) is 24.4 Å². The molecule has 128 valence electrons. The Balaban J connectivity index is 1.82. The third kappa shape index (κ3) is 3.67. The summed E-state index contributed by atoms with van der Waals surface area (Å²) >= 11 is 0. The van der Waals surface area contributed by atoms with Crippen LogP contribution in [0.5, 0.6) is 11.5 Å². The highest BCUT2D eigenvalue weighted by Gasteiger charge is 2.18. The summed E-state index contributed by atoms with van der Waals surface area (Å²) in [6, 6.07) is 5.77. The number of pyridine rings is 1. The van der Waals surface area contributed by atoms with E-state index in [0.717, 1.165) is 42.4 Å². The van der Waals surface area contributed by atoms with Gasteiger partial charge >= 0.3 is 0 Å². The van der Waals surface area contributed by atoms with Crippen molar-refractivity contribution in [1.82, 2.24) is 10.3 Å². The Morgan fingerprint density at radius 1 is 1.21 bits per heavy atom. The standard InChI is InChI=1S/C19H24N2O3/c1-23-18-10-14-5-8-21-17(16(14)12-19(18)24-2)11-15(22)9-13-3-6-20-7-4-13/h5,8,10,12-13,20H,3-4,6-7,9,11H2,1-2H3. The molecule has 1 saturated heterocycles. The van der Waals surface area contributed by atoms with E-state index < -0.39 is 0 Å². The summed E-state index contributed by atoms with van der Waals surface area (Å²) in [4.78, 5) is 16.9. The third-order valence-corrected chi connectivity index (χ3v) is 4.69. The van der Waals surface area contributed by atoms with E-state index in [4.69, 9.17) is 9.47 Å². The second-order valence-electron chi connectivity index (χ2n) is 6.30. The SMILES string of the molecule is COc1cc2ccnc(CC(=O)CC3CCNCC3)c2cc1OC. The molecule has 0 radical (unpaired) electrons. The lowest BCUT2D eigenvalue weighted by Crippen LogP contribution is -2.29. The van der Waals surface area contributed by atoms with Crippen LogP contribution in [0.4, 0.5) is 0 Å². The number of methoxy groups -OCH3 is 2. The molecule has 1 aromatic heterocycles. The van der Waals surface area contributed by atoms with Crippen LogP contribution in [-0.4, -0.2) is 38.1 Å². The van der Waals surface area contributed by atoms with Crippen LogP contribution in [0.3, 0.4) is 0 Å². The molecule has 1 aliphatic heterocycles. The number of benzene rings is 1. The van der Waals surface area contributed by atoms with Gasteiger partial charge in [-0.1, -0.05) is 0 Å². The van der Waals surface area contributed by atoms with Crippen molar-refractivity contribution in [3.8, 4) is 11.5 Å². The minimum absolute atomic E-state index is 0.261. The molecular weight excluding hydrogens is 304 g/mol. The summed E-state index contributed by atoms with van der Waals surface area (Å²) in [7, 11) is 3.23. The number of hydrogen-bond acceptors (Lipinski definition) is 5. The Morgan fingerprint density at radius 3 is 2.62 bits per heavy atom. The second-order valence-corrected chi connectivity index (χ2v) is 6.30. The van der Waals surface area contributed by atoms with Gasteiger partial charge in [-0.2, -0.15) is 0 Å². The van der Waals surface area contributed by atoms with Crippen LogP contribution in [0.15, 0.2) is 24.4 Å². The van der Waals surface area contributed by atoms with Crippen LogP contribution in [0.2, 0.25) is 0 Å². The monoisotopic (exact) mass is 328 g/mol. The number of ether oxygens (including phenoxy) is 2. The highest BCUT2D eigenvalue weighted by atomic mass is 16.5. The topological polar surface area (TPSA) is 60.5 Å². The van der Waals surface area contributed by atoms with Crippen molar-refractivity contribution in [2.75, 3.05) is 27.3 Å². The molecule has 0 atom stereocenters. The lowest BCUT2D eigenvalue weighted by atomic mass is 9.91. The first kappa shape index (κ1) is 16.7. The summed E-state index contributed by atoms with van der Waals surface area (Å²) in [5.41, 5.74) is 0.812. The summed E-state index contributed by atoms with van der Waals surface area (Å²) < 4.78 is 10.7. The van der Waals surface area contributed by atoms with Gasteiger partial charge in [-0.3, -0.25) is 9.78 Å². The van der Waals surface area contributed by atoms with Gasteiger partial charge in [0.2, 0.25) is 0 Å². The van der Waals surface area contributed by atoms with Gasteiger partial charge in [-0.05, 0) is 55.4 Å². The molecule has 5 heteroatoms. The number of carbonyl (C=O) groups is 1. The zero-order valence-electron chi connectivity index (χ0n) is 14.3. The van der Waals surface area contributed by atoms with Gasteiger partial charge in [0.05, 0.1) is 19.9 Å². The van der Waals surface area contributed by atoms with Gasteiger partial charge in [0.1, 0.15) is 5.78 Å². The van der Waals surface area contributed by atoms with Crippen molar-refractivity contribution in [2.24, 2.45) is 5.92 Å². The molecule has 1 N–H and O–H groups in total. The van der Waals surface area contributed by atoms with Crippen molar-refractivity contribution in [3.05, 3.63) is 30.1 Å². The van der Waals surface area contributed by atoms with Gasteiger partial charge in [-0.15, -0.1) is 0 Å². The lowest BCUT2D eigenvalue weighted by molar-refractivity contribution is -0.119. The predicted molar refractivity (Wildman–Crippen MR) is 93.8 cm³/mol. The van der Waals surface area contributed by atoms with E-state index in [1.807, 2.05) is 18.2 Å². The molecule has 0 spiro atoms. The fourth-order valence-corrected chi connectivity index (χ4v) is 3.37. The first-order valence-corrected chi connectivity index (χ1v) is 8.43. The summed E-state index contributed by atoms with van der Waals surface area (Å²) in [5.74, 6) is 2.10. The Hall–Kier alpha value is -2.14. The number of fused-ring (bicyclic) bond motifs is 1. The number of ketones is 1. The molecule has 0 aliphatic carbocycles. The Kier molecular flexibility index (Phi) is 5.30. The molecule has 1 aliphatic rings. The first-order chi connectivity index (χ1) is 11.7. The smallest absolute Gasteiger partial charge is 0.161 e. The average Bonchev–Trinajstić information content (AvgIpc) is 2.61. The third-order valence-electron chi connectivity index (χ3n) is 4.69. The highest BCUT2D eigenvalue weighted by Crippen LogP contribution is 2.33.